The van der Waals surface area contributed by atoms with Gasteiger partial charge in [0.1, 0.15) is 63.7 Å². The number of aryl methyl sites for hydroxylation is 6. The molecule has 0 saturated carbocycles. The second kappa shape index (κ2) is 49.4. The number of fused-ring (bicyclic) bond motifs is 4. The average molecular weight is 1940 g/mol. The Morgan fingerprint density at radius 2 is 0.779 bits per heavy atom. The number of amides is 5. The Morgan fingerprint density at radius 1 is 0.404 bits per heavy atom. The standard InChI is InChI=1S/C29H35N7O4.C19H19N7.C18H20ClN5O2.C13H19NO3.C11H16N2O2.C5H3ClN4.2ClH/c1-28(2,3)39-26(37)34-20-12-10-19(11-13-20)14-15-36-18-32-23-24(30-17-31-25(23)36)33-21-8-7-9-22(16-21)35-27(38)40-29(4,5)6;20-14-6-4-13(5-7-14)8-9-26-12-24-17-18(22-11-23-19(17)26)25-16-3-1-2-15(21)10-16;1-18(2,3)26-17(25)23-13-6-4-12(5-7-13)8-9-24-11-22-14-15(19)20-10-21-16(14)24;1-13(2,3)17-12(16)14-11-6-4-10(5-7-11)8-9-15;1-11(2,3)15-10(14)13-9-6-4-5-8(12)7-9;6-4-3-5(9-1-7-3)10-2-8-4;;/h7-13,16-18H,14-15H2,1-6H3,(H,34,37)(H,35,38)(H,30,31,33);1-7,10-12H,8-9,20-21H2,(H,22,23,25);4-7,10-11H,8-9H2,1-3H3,(H,23,25);4-7,15H,8-9H2,1-3H3,(H,14,16);4-7H,12H2,1-3H3,(H,13,14);1-2H,(H,7,8,9,10);2*1H. The lowest BCUT2D eigenvalue weighted by Crippen LogP contribution is -3.00. The molecule has 0 fully saturated rings. The van der Waals surface area contributed by atoms with E-state index in [9.17, 15) is 24.0 Å². The normalized spacial score (nSPS) is 11.1. The van der Waals surface area contributed by atoms with E-state index in [4.69, 9.17) is 63.5 Å². The molecule has 7 aromatic carbocycles. The molecule has 8 heterocycles. The van der Waals surface area contributed by atoms with Crippen LogP contribution < -0.4 is 83.8 Å². The molecule has 15 rings (SSSR count). The Labute approximate surface area is 809 Å². The Kier molecular flexibility index (Phi) is 38.7. The molecule has 718 valence electrons. The van der Waals surface area contributed by atoms with Crippen molar-refractivity contribution in [2.75, 3.05) is 55.3 Å². The van der Waals surface area contributed by atoms with Crippen molar-refractivity contribution >= 4 is 167 Å². The number of nitrogen functional groups attached to an aromatic ring is 2. The minimum absolute atomic E-state index is 0. The fraction of sp³-hybridized carbons (Fsp3) is 0.295. The number of hydrogen-bond donors (Lipinski definition) is 13. The summed E-state index contributed by atoms with van der Waals surface area (Å²) in [6, 6.07) is 52.6. The number of aromatic amines is 2. The molecule has 136 heavy (non-hydrogen) atoms. The number of imidazole rings is 4. The summed E-state index contributed by atoms with van der Waals surface area (Å²) >= 11 is 11.7. The van der Waals surface area contributed by atoms with Gasteiger partial charge in [-0.15, -0.1) is 0 Å². The highest BCUT2D eigenvalue weighted by molar-refractivity contribution is 6.33. The average Bonchev–Trinajstić information content (AvgIpc) is 1.66. The molecule has 0 aliphatic rings. The number of anilines is 11. The predicted octanol–water partition coefficient (Wildman–Crippen LogP) is 12.5. The van der Waals surface area contributed by atoms with Crippen LogP contribution in [-0.2, 0) is 69.0 Å². The van der Waals surface area contributed by atoms with Crippen LogP contribution in [0.4, 0.5) is 92.5 Å². The molecule has 15 aromatic rings. The van der Waals surface area contributed by atoms with Crippen molar-refractivity contribution in [1.82, 2.24) is 73.9 Å². The van der Waals surface area contributed by atoms with E-state index in [-0.39, 0.29) is 31.4 Å². The van der Waals surface area contributed by atoms with Gasteiger partial charge >= 0.3 is 36.1 Å². The van der Waals surface area contributed by atoms with Crippen LogP contribution in [-0.4, -0.2) is 144 Å². The van der Waals surface area contributed by atoms with Crippen molar-refractivity contribution in [3.05, 3.63) is 253 Å². The summed E-state index contributed by atoms with van der Waals surface area (Å²) in [4.78, 5) is 111. The molecule has 37 nitrogen and oxygen atoms in total. The van der Waals surface area contributed by atoms with Crippen molar-refractivity contribution in [2.45, 2.75) is 177 Å². The molecule has 0 aliphatic heterocycles. The largest absolute Gasteiger partial charge is 1.00 e. The van der Waals surface area contributed by atoms with Crippen LogP contribution in [0.2, 0.25) is 10.3 Å². The van der Waals surface area contributed by atoms with Crippen molar-refractivity contribution in [3.63, 3.8) is 0 Å². The number of carbonyl (C=O) groups is 5. The van der Waals surface area contributed by atoms with E-state index >= 15 is 0 Å². The first kappa shape index (κ1) is 107. The van der Waals surface area contributed by atoms with Crippen LogP contribution in [0.1, 0.15) is 126 Å². The third kappa shape index (κ3) is 36.1. The van der Waals surface area contributed by atoms with Gasteiger partial charge in [-0.05, 0) is 249 Å². The number of carbonyl (C=O) groups excluding carboxylic acids is 5. The number of ether oxygens (including phenoxy) is 5. The lowest BCUT2D eigenvalue weighted by atomic mass is 10.1. The van der Waals surface area contributed by atoms with Crippen LogP contribution in [0.15, 0.2) is 220 Å². The lowest BCUT2D eigenvalue weighted by molar-refractivity contribution is -0.672. The summed E-state index contributed by atoms with van der Waals surface area (Å²) in [6.45, 7) is 29.6. The summed E-state index contributed by atoms with van der Waals surface area (Å²) in [5.41, 5.74) is 30.0. The molecule has 0 atom stereocenters. The Hall–Kier alpha value is -14.6. The molecule has 0 radical (unpaired) electrons. The molecule has 41 heteroatoms. The summed E-state index contributed by atoms with van der Waals surface area (Å²) < 4.78 is 32.1. The first-order valence-electron chi connectivity index (χ1n) is 42.6. The maximum atomic E-state index is 12.1. The zero-order valence-electron chi connectivity index (χ0n) is 78.1. The van der Waals surface area contributed by atoms with Gasteiger partial charge in [0.25, 0.3) is 0 Å². The summed E-state index contributed by atoms with van der Waals surface area (Å²) in [7, 11) is 0. The van der Waals surface area contributed by atoms with E-state index in [1.165, 1.54) is 30.9 Å². The molecular weight excluding hydrogens is 1820 g/mol. The second-order valence-electron chi connectivity index (χ2n) is 35.1. The van der Waals surface area contributed by atoms with Gasteiger partial charge in [-0.2, -0.15) is 4.98 Å². The second-order valence-corrected chi connectivity index (χ2v) is 35.8. The number of H-pyrrole nitrogens is 2. The maximum Gasteiger partial charge on any atom is 0.412 e. The zero-order chi connectivity index (χ0) is 96.9. The first-order chi connectivity index (χ1) is 63.5. The number of rotatable bonds is 20. The molecule has 0 aliphatic carbocycles. The third-order valence-corrected chi connectivity index (χ3v) is 18.6. The van der Waals surface area contributed by atoms with Crippen LogP contribution in [0.5, 0.6) is 0 Å². The minimum atomic E-state index is -0.590. The van der Waals surface area contributed by atoms with E-state index in [2.05, 4.69) is 124 Å². The number of aromatic nitrogens is 16. The van der Waals surface area contributed by atoms with Gasteiger partial charge in [0.15, 0.2) is 57.1 Å². The number of aliphatic hydroxyl groups excluding tert-OH is 1. The number of benzene rings is 7. The van der Waals surface area contributed by atoms with Crippen LogP contribution in [0.25, 0.3) is 44.7 Å². The maximum absolute atomic E-state index is 12.1. The quantitative estimate of drug-likeness (QED) is 0.0146. The third-order valence-electron chi connectivity index (χ3n) is 18.0. The molecule has 5 amide bonds. The van der Waals surface area contributed by atoms with Crippen LogP contribution in [0.3, 0.4) is 0 Å². The van der Waals surface area contributed by atoms with Crippen LogP contribution in [0, 0.1) is 0 Å². The zero-order valence-corrected chi connectivity index (χ0v) is 81.1. The number of nitrogens with zero attached hydrogens (tertiary/aromatic N) is 14. The van der Waals surface area contributed by atoms with Gasteiger partial charge in [-0.25, -0.2) is 73.4 Å². The summed E-state index contributed by atoms with van der Waals surface area (Å²) in [6.07, 6.45) is 13.4. The molecule has 17 N–H and O–H groups in total. The number of nitrogens with one attached hydrogen (secondary N) is 9. The van der Waals surface area contributed by atoms with Crippen molar-refractivity contribution < 1.29 is 87.9 Å². The van der Waals surface area contributed by atoms with E-state index in [1.54, 1.807) is 67.5 Å². The van der Waals surface area contributed by atoms with Gasteiger partial charge in [0.05, 0.1) is 25.5 Å². The monoisotopic (exact) mass is 1930 g/mol. The van der Waals surface area contributed by atoms with E-state index in [1.807, 2.05) is 229 Å². The highest BCUT2D eigenvalue weighted by atomic mass is 35.5. The number of halogens is 4. The van der Waals surface area contributed by atoms with Gasteiger partial charge < -0.3 is 95.6 Å². The van der Waals surface area contributed by atoms with Crippen molar-refractivity contribution in [1.29, 1.82) is 0 Å². The topological polar surface area (TPSA) is 503 Å². The number of nitrogens with two attached hydrogens (primary N) is 2. The minimum Gasteiger partial charge on any atom is -1.00 e. The number of hydrogen-bond acceptors (Lipinski definition) is 26. The number of quaternary nitrogens is 1. The highest BCUT2D eigenvalue weighted by Crippen LogP contribution is 2.28. The smallest absolute Gasteiger partial charge is 0.412 e. The molecule has 8 aromatic heterocycles. The van der Waals surface area contributed by atoms with Gasteiger partial charge in [-0.1, -0.05) is 94.9 Å². The Bertz CT molecular complexity index is 6410. The molecular formula is C95H114Cl4N26O11. The van der Waals surface area contributed by atoms with Crippen molar-refractivity contribution in [2.24, 2.45) is 0 Å². The molecule has 0 saturated heterocycles. The fourth-order valence-corrected chi connectivity index (χ4v) is 12.6. The Morgan fingerprint density at radius 3 is 1.25 bits per heavy atom. The lowest BCUT2D eigenvalue weighted by Gasteiger charge is -2.19. The highest BCUT2D eigenvalue weighted by Gasteiger charge is 2.24. The summed E-state index contributed by atoms with van der Waals surface area (Å²) in [5.74, 6) is 1.27. The summed E-state index contributed by atoms with van der Waals surface area (Å²) in [5, 5.41) is 29.5. The van der Waals surface area contributed by atoms with Crippen molar-refractivity contribution in [3.8, 4) is 0 Å². The van der Waals surface area contributed by atoms with Gasteiger partial charge in [0.2, 0.25) is 5.52 Å². The van der Waals surface area contributed by atoms with E-state index in [0.717, 1.165) is 76.5 Å². The SMILES string of the molecule is CC(C)(C)OC(=O)Nc1ccc(CCO)cc1.CC(C)(C)OC(=O)Nc1ccc(CCn2cnc3c(Cl)ncnc32)cc1.CC(C)(C)OC(=O)Nc1ccc(CCn2cnc3c(Nc4cccc(NC(=O)OC(C)(C)C)c4)ncnc32)cc1.CC(C)(C)OC(=O)Nc1cccc(N)c1.Clc1ncnc2nc[nH]c12.Nc1cccc(Nc2ncnc3c2[nH]c[n+]3CCc2ccc([NH3+])cc2)c1.[Cl-].[Cl-]. The molecule has 0 unspecified atom stereocenters. The van der Waals surface area contributed by atoms with Gasteiger partial charge in [-0.3, -0.25) is 31.6 Å². The molecule has 0 spiro atoms. The van der Waals surface area contributed by atoms with Gasteiger partial charge in [0, 0.05) is 77.3 Å². The fourth-order valence-electron chi connectivity index (χ4n) is 12.2. The number of aliphatic hydroxyl groups is 1. The molecule has 0 bridgehead atoms. The van der Waals surface area contributed by atoms with E-state index in [0.29, 0.717) is 109 Å². The predicted molar refractivity (Wildman–Crippen MR) is 521 cm³/mol. The van der Waals surface area contributed by atoms with Crippen LogP contribution >= 0.6 is 23.2 Å². The Balaban J connectivity index is 0.000000210. The van der Waals surface area contributed by atoms with E-state index < -0.39 is 58.5 Å². The first-order valence-corrected chi connectivity index (χ1v) is 43.4.